The first-order valence-electron chi connectivity index (χ1n) is 10.1. The molecule has 0 aliphatic carbocycles. The van der Waals surface area contributed by atoms with Crippen molar-refractivity contribution >= 4 is 22.0 Å². The molecule has 0 aromatic heterocycles. The summed E-state index contributed by atoms with van der Waals surface area (Å²) in [6.45, 7) is 6.38. The Morgan fingerprint density at radius 2 is 1.66 bits per heavy atom. The Kier molecular flexibility index (Phi) is 6.79. The van der Waals surface area contributed by atoms with E-state index < -0.39 is 10.0 Å². The maximum atomic E-state index is 13.0. The predicted molar refractivity (Wildman–Crippen MR) is 108 cm³/mol. The van der Waals surface area contributed by atoms with E-state index in [4.69, 9.17) is 4.74 Å². The van der Waals surface area contributed by atoms with Crippen molar-refractivity contribution in [2.45, 2.75) is 31.6 Å². The third kappa shape index (κ3) is 4.90. The summed E-state index contributed by atoms with van der Waals surface area (Å²) in [5.74, 6) is -0.379. The van der Waals surface area contributed by atoms with E-state index in [-0.39, 0.29) is 29.4 Å². The van der Waals surface area contributed by atoms with Crippen molar-refractivity contribution < 1.29 is 22.7 Å². The number of nitrogens with zero attached hydrogens (tertiary/aromatic N) is 3. The van der Waals surface area contributed by atoms with Crippen LogP contribution in [0.4, 0.5) is 4.79 Å². The zero-order chi connectivity index (χ0) is 21.0. The highest BCUT2D eigenvalue weighted by atomic mass is 32.2. The number of hydrogen-bond donors (Lipinski definition) is 0. The van der Waals surface area contributed by atoms with Gasteiger partial charge < -0.3 is 14.5 Å². The summed E-state index contributed by atoms with van der Waals surface area (Å²) in [5.41, 5.74) is 0.998. The molecule has 0 N–H and O–H groups in total. The summed E-state index contributed by atoms with van der Waals surface area (Å²) in [4.78, 5) is 28.4. The van der Waals surface area contributed by atoms with Gasteiger partial charge in [-0.15, -0.1) is 0 Å². The number of benzene rings is 1. The molecule has 2 fully saturated rings. The van der Waals surface area contributed by atoms with E-state index >= 15 is 0 Å². The van der Waals surface area contributed by atoms with Crippen molar-refractivity contribution in [3.05, 3.63) is 29.8 Å². The van der Waals surface area contributed by atoms with Crippen molar-refractivity contribution in [1.29, 1.82) is 0 Å². The van der Waals surface area contributed by atoms with Gasteiger partial charge in [-0.2, -0.15) is 4.31 Å². The molecule has 0 bridgehead atoms. The monoisotopic (exact) mass is 423 g/mol. The molecule has 0 saturated carbocycles. The fourth-order valence-corrected chi connectivity index (χ4v) is 5.33. The van der Waals surface area contributed by atoms with Gasteiger partial charge >= 0.3 is 6.09 Å². The molecular formula is C20H29N3O5S. The Labute approximate surface area is 172 Å². The van der Waals surface area contributed by atoms with Crippen LogP contribution in [0, 0.1) is 12.8 Å². The van der Waals surface area contributed by atoms with Crippen molar-refractivity contribution in [2.75, 3.05) is 45.9 Å². The van der Waals surface area contributed by atoms with Crippen molar-refractivity contribution in [3.8, 4) is 0 Å². The van der Waals surface area contributed by atoms with E-state index in [2.05, 4.69) is 0 Å². The van der Waals surface area contributed by atoms with Gasteiger partial charge in [-0.3, -0.25) is 4.79 Å². The van der Waals surface area contributed by atoms with Gasteiger partial charge in [0, 0.05) is 39.3 Å². The van der Waals surface area contributed by atoms with Gasteiger partial charge in [0.25, 0.3) is 0 Å². The van der Waals surface area contributed by atoms with Crippen LogP contribution < -0.4 is 0 Å². The highest BCUT2D eigenvalue weighted by molar-refractivity contribution is 7.89. The quantitative estimate of drug-likeness (QED) is 0.736. The molecule has 0 spiro atoms. The number of ether oxygens (including phenoxy) is 1. The van der Waals surface area contributed by atoms with Gasteiger partial charge in [0.1, 0.15) is 0 Å². The second-order valence-corrected chi connectivity index (χ2v) is 9.46. The van der Waals surface area contributed by atoms with Crippen molar-refractivity contribution in [2.24, 2.45) is 5.92 Å². The molecule has 2 heterocycles. The minimum atomic E-state index is -3.61. The molecule has 0 unspecified atom stereocenters. The molecule has 1 aromatic carbocycles. The summed E-state index contributed by atoms with van der Waals surface area (Å²) in [5, 5.41) is 0. The van der Waals surface area contributed by atoms with E-state index in [0.717, 1.165) is 5.56 Å². The van der Waals surface area contributed by atoms with Gasteiger partial charge in [-0.25, -0.2) is 13.2 Å². The normalized spacial score (nSPS) is 21.1. The third-order valence-corrected chi connectivity index (χ3v) is 7.39. The number of amides is 2. The SMILES string of the molecule is CCOC(=O)N1CCN(C(=O)[C@H]2CCCN(S(=O)(=O)c3ccc(C)cc3)C2)CC1. The number of sulfonamides is 1. The molecule has 2 aliphatic rings. The van der Waals surface area contributed by atoms with E-state index in [9.17, 15) is 18.0 Å². The fraction of sp³-hybridized carbons (Fsp3) is 0.600. The number of aryl methyl sites for hydroxylation is 1. The first-order chi connectivity index (χ1) is 13.8. The molecule has 29 heavy (non-hydrogen) atoms. The van der Waals surface area contributed by atoms with Gasteiger partial charge in [-0.05, 0) is 38.8 Å². The maximum Gasteiger partial charge on any atom is 0.409 e. The molecule has 2 amide bonds. The van der Waals surface area contributed by atoms with Gasteiger partial charge in [0.05, 0.1) is 17.4 Å². The average molecular weight is 424 g/mol. The van der Waals surface area contributed by atoms with E-state index in [0.29, 0.717) is 52.2 Å². The van der Waals surface area contributed by atoms with E-state index in [1.807, 2.05) is 6.92 Å². The Balaban J connectivity index is 1.61. The van der Waals surface area contributed by atoms with Crippen LogP contribution in [0.3, 0.4) is 0 Å². The molecule has 9 heteroatoms. The van der Waals surface area contributed by atoms with Crippen LogP contribution in [-0.4, -0.2) is 80.4 Å². The Bertz CT molecular complexity index is 832. The zero-order valence-electron chi connectivity index (χ0n) is 17.0. The highest BCUT2D eigenvalue weighted by Gasteiger charge is 2.36. The maximum absolute atomic E-state index is 13.0. The number of carbonyl (C=O) groups is 2. The lowest BCUT2D eigenvalue weighted by Gasteiger charge is -2.38. The first-order valence-corrected chi connectivity index (χ1v) is 11.5. The molecule has 2 aliphatic heterocycles. The standard InChI is InChI=1S/C20H29N3O5S/c1-3-28-20(25)22-13-11-21(12-14-22)19(24)17-5-4-10-23(15-17)29(26,27)18-8-6-16(2)7-9-18/h6-9,17H,3-5,10-15H2,1-2H3/t17-/m0/s1. The lowest BCUT2D eigenvalue weighted by molar-refractivity contribution is -0.138. The molecule has 1 atom stereocenters. The van der Waals surface area contributed by atoms with Crippen LogP contribution in [0.1, 0.15) is 25.3 Å². The number of hydrogen-bond acceptors (Lipinski definition) is 5. The molecule has 2 saturated heterocycles. The highest BCUT2D eigenvalue weighted by Crippen LogP contribution is 2.25. The molecule has 8 nitrogen and oxygen atoms in total. The molecule has 160 valence electrons. The minimum absolute atomic E-state index is 0.0303. The summed E-state index contributed by atoms with van der Waals surface area (Å²) in [6.07, 6.45) is 0.980. The van der Waals surface area contributed by atoms with Crippen LogP contribution in [-0.2, 0) is 19.6 Å². The van der Waals surface area contributed by atoms with Crippen LogP contribution in [0.15, 0.2) is 29.2 Å². The topological polar surface area (TPSA) is 87.2 Å². The molecule has 1 aromatic rings. The van der Waals surface area contributed by atoms with Crippen molar-refractivity contribution in [3.63, 3.8) is 0 Å². The molecule has 0 radical (unpaired) electrons. The Morgan fingerprint density at radius 1 is 1.03 bits per heavy atom. The van der Waals surface area contributed by atoms with Gasteiger partial charge in [0.2, 0.25) is 15.9 Å². The van der Waals surface area contributed by atoms with E-state index in [1.165, 1.54) is 4.31 Å². The second kappa shape index (κ2) is 9.13. The lowest BCUT2D eigenvalue weighted by atomic mass is 9.98. The van der Waals surface area contributed by atoms with Crippen LogP contribution >= 0.6 is 0 Å². The molecular weight excluding hydrogens is 394 g/mol. The van der Waals surface area contributed by atoms with Crippen LogP contribution in [0.5, 0.6) is 0 Å². The van der Waals surface area contributed by atoms with Crippen LogP contribution in [0.25, 0.3) is 0 Å². The number of rotatable bonds is 4. The zero-order valence-corrected chi connectivity index (χ0v) is 17.9. The summed E-state index contributed by atoms with van der Waals surface area (Å²) < 4.78 is 32.4. The largest absolute Gasteiger partial charge is 0.450 e. The fourth-order valence-electron chi connectivity index (χ4n) is 3.80. The summed E-state index contributed by atoms with van der Waals surface area (Å²) >= 11 is 0. The third-order valence-electron chi connectivity index (χ3n) is 5.51. The second-order valence-electron chi connectivity index (χ2n) is 7.53. The van der Waals surface area contributed by atoms with Crippen molar-refractivity contribution in [1.82, 2.24) is 14.1 Å². The Hall–Kier alpha value is -2.13. The summed E-state index contributed by atoms with van der Waals surface area (Å²) in [7, 11) is -3.61. The lowest BCUT2D eigenvalue weighted by Crippen LogP contribution is -2.54. The average Bonchev–Trinajstić information content (AvgIpc) is 2.74. The number of carbonyl (C=O) groups excluding carboxylic acids is 2. The Morgan fingerprint density at radius 3 is 2.28 bits per heavy atom. The molecule has 3 rings (SSSR count). The predicted octanol–water partition coefficient (Wildman–Crippen LogP) is 1.70. The number of piperazine rings is 1. The number of piperidine rings is 1. The first kappa shape index (κ1) is 21.6. The van der Waals surface area contributed by atoms with Gasteiger partial charge in [-0.1, -0.05) is 17.7 Å². The minimum Gasteiger partial charge on any atom is -0.450 e. The smallest absolute Gasteiger partial charge is 0.409 e. The van der Waals surface area contributed by atoms with Crippen LogP contribution in [0.2, 0.25) is 0 Å². The summed E-state index contributed by atoms with van der Waals surface area (Å²) in [6, 6.07) is 6.79. The van der Waals surface area contributed by atoms with E-state index in [1.54, 1.807) is 41.0 Å². The van der Waals surface area contributed by atoms with Gasteiger partial charge in [0.15, 0.2) is 0 Å².